The highest BCUT2D eigenvalue weighted by molar-refractivity contribution is 8.01. The lowest BCUT2D eigenvalue weighted by Crippen LogP contribution is -1.93. The maximum atomic E-state index is 5.98. The van der Waals surface area contributed by atoms with Crippen molar-refractivity contribution in [1.82, 2.24) is 19.1 Å². The lowest BCUT2D eigenvalue weighted by atomic mass is 10.3. The van der Waals surface area contributed by atoms with E-state index in [-0.39, 0.29) is 0 Å². The van der Waals surface area contributed by atoms with Crippen LogP contribution in [0, 0.1) is 0 Å². The third-order valence-corrected chi connectivity index (χ3v) is 3.86. The Labute approximate surface area is 95.9 Å². The van der Waals surface area contributed by atoms with E-state index in [0.717, 1.165) is 27.2 Å². The fourth-order valence-corrected chi connectivity index (χ4v) is 2.71. The number of hydrogen-bond donors (Lipinski definition) is 1. The summed E-state index contributed by atoms with van der Waals surface area (Å²) in [5.74, 6) is 0. The first-order chi connectivity index (χ1) is 7.22. The van der Waals surface area contributed by atoms with Crippen molar-refractivity contribution < 1.29 is 0 Å². The van der Waals surface area contributed by atoms with E-state index in [4.69, 9.17) is 5.73 Å². The Kier molecular flexibility index (Phi) is 2.92. The molecular formula is C8H11N5S2. The van der Waals surface area contributed by atoms with Gasteiger partial charge in [0.25, 0.3) is 0 Å². The highest BCUT2D eigenvalue weighted by Gasteiger charge is 2.14. The van der Waals surface area contributed by atoms with Crippen LogP contribution in [0.4, 0.5) is 5.69 Å². The summed E-state index contributed by atoms with van der Waals surface area (Å²) in [6, 6.07) is 0. The Morgan fingerprint density at radius 2 is 2.40 bits per heavy atom. The van der Waals surface area contributed by atoms with Crippen molar-refractivity contribution in [2.75, 3.05) is 5.73 Å². The third-order valence-electron chi connectivity index (χ3n) is 1.97. The molecule has 0 aliphatic rings. The molecule has 0 bridgehead atoms. The van der Waals surface area contributed by atoms with E-state index < -0.39 is 0 Å². The number of nitrogens with two attached hydrogens (primary N) is 1. The number of hydrogen-bond acceptors (Lipinski definition) is 6. The van der Waals surface area contributed by atoms with Crippen LogP contribution in [0.2, 0.25) is 0 Å². The van der Waals surface area contributed by atoms with Crippen molar-refractivity contribution in [1.29, 1.82) is 0 Å². The van der Waals surface area contributed by atoms with Gasteiger partial charge in [-0.15, -0.1) is 0 Å². The van der Waals surface area contributed by atoms with Crippen LogP contribution in [-0.2, 0) is 13.5 Å². The molecule has 0 aliphatic carbocycles. The molecule has 0 aromatic carbocycles. The Hall–Kier alpha value is -1.08. The molecule has 2 aromatic rings. The number of anilines is 1. The van der Waals surface area contributed by atoms with Crippen molar-refractivity contribution in [3.63, 3.8) is 0 Å². The summed E-state index contributed by atoms with van der Waals surface area (Å²) in [6.45, 7) is 2.04. The summed E-state index contributed by atoms with van der Waals surface area (Å²) in [7, 11) is 1.89. The Bertz CT molecular complexity index is 448. The molecule has 2 rings (SSSR count). The number of aryl methyl sites for hydroxylation is 2. The molecule has 0 atom stereocenters. The first kappa shape index (κ1) is 10.4. The minimum absolute atomic E-state index is 0.750. The zero-order valence-electron chi connectivity index (χ0n) is 8.47. The van der Waals surface area contributed by atoms with E-state index in [1.165, 1.54) is 23.3 Å². The molecule has 15 heavy (non-hydrogen) atoms. The van der Waals surface area contributed by atoms with Gasteiger partial charge in [-0.2, -0.15) is 9.47 Å². The standard InChI is InChI=1S/C8H11N5S2/c1-3-5-6(9)7(13(2)12-5)14-8-10-4-11-15-8/h4H,3,9H2,1-2H3. The minimum atomic E-state index is 0.750. The summed E-state index contributed by atoms with van der Waals surface area (Å²) in [5, 5.41) is 5.27. The smallest absolute Gasteiger partial charge is 0.176 e. The number of nitrogen functional groups attached to an aromatic ring is 1. The Balaban J connectivity index is 2.32. The molecule has 0 unspecified atom stereocenters. The second kappa shape index (κ2) is 4.19. The minimum Gasteiger partial charge on any atom is -0.395 e. The van der Waals surface area contributed by atoms with Gasteiger partial charge < -0.3 is 5.73 Å². The van der Waals surface area contributed by atoms with Crippen molar-refractivity contribution in [2.24, 2.45) is 7.05 Å². The zero-order valence-corrected chi connectivity index (χ0v) is 10.1. The average molecular weight is 241 g/mol. The van der Waals surface area contributed by atoms with E-state index in [0.29, 0.717) is 0 Å². The van der Waals surface area contributed by atoms with Crippen LogP contribution in [0.25, 0.3) is 0 Å². The maximum Gasteiger partial charge on any atom is 0.176 e. The van der Waals surface area contributed by atoms with Gasteiger partial charge in [-0.1, -0.05) is 6.92 Å². The molecule has 2 aromatic heterocycles. The summed E-state index contributed by atoms with van der Waals surface area (Å²) in [6.07, 6.45) is 2.39. The SMILES string of the molecule is CCc1nn(C)c(Sc2ncns2)c1N. The normalized spacial score (nSPS) is 10.8. The molecule has 0 aliphatic heterocycles. The molecule has 80 valence electrons. The summed E-state index contributed by atoms with van der Waals surface area (Å²) < 4.78 is 6.62. The Morgan fingerprint density at radius 3 is 2.93 bits per heavy atom. The predicted octanol–water partition coefficient (Wildman–Crippen LogP) is 1.57. The topological polar surface area (TPSA) is 69.6 Å². The van der Waals surface area contributed by atoms with E-state index >= 15 is 0 Å². The van der Waals surface area contributed by atoms with Gasteiger partial charge in [0, 0.05) is 7.05 Å². The van der Waals surface area contributed by atoms with E-state index in [2.05, 4.69) is 14.5 Å². The van der Waals surface area contributed by atoms with Gasteiger partial charge >= 0.3 is 0 Å². The van der Waals surface area contributed by atoms with Gasteiger partial charge in [0.1, 0.15) is 11.4 Å². The van der Waals surface area contributed by atoms with Crippen LogP contribution < -0.4 is 5.73 Å². The molecule has 0 saturated carbocycles. The average Bonchev–Trinajstić information content (AvgIpc) is 2.81. The molecular weight excluding hydrogens is 230 g/mol. The largest absolute Gasteiger partial charge is 0.395 e. The van der Waals surface area contributed by atoms with E-state index in [9.17, 15) is 0 Å². The first-order valence-corrected chi connectivity index (χ1v) is 6.07. The lowest BCUT2D eigenvalue weighted by Gasteiger charge is -1.98. The van der Waals surface area contributed by atoms with Crippen LogP contribution in [0.15, 0.2) is 15.7 Å². The van der Waals surface area contributed by atoms with Gasteiger partial charge in [-0.05, 0) is 29.7 Å². The van der Waals surface area contributed by atoms with Crippen LogP contribution in [0.3, 0.4) is 0 Å². The zero-order chi connectivity index (χ0) is 10.8. The molecule has 7 heteroatoms. The highest BCUT2D eigenvalue weighted by Crippen LogP contribution is 2.33. The number of aromatic nitrogens is 4. The second-order valence-electron chi connectivity index (χ2n) is 2.95. The molecule has 5 nitrogen and oxygen atoms in total. The van der Waals surface area contributed by atoms with Crippen molar-refractivity contribution >= 4 is 29.0 Å². The second-order valence-corrected chi connectivity index (χ2v) is 4.97. The molecule has 2 N–H and O–H groups in total. The van der Waals surface area contributed by atoms with Gasteiger partial charge in [-0.3, -0.25) is 4.68 Å². The third kappa shape index (κ3) is 1.98. The molecule has 0 fully saturated rings. The van der Waals surface area contributed by atoms with Crippen LogP contribution in [0.1, 0.15) is 12.6 Å². The Morgan fingerprint density at radius 1 is 1.60 bits per heavy atom. The quantitative estimate of drug-likeness (QED) is 0.883. The molecule has 0 radical (unpaired) electrons. The van der Waals surface area contributed by atoms with Gasteiger partial charge in [0.05, 0.1) is 11.4 Å². The van der Waals surface area contributed by atoms with E-state index in [1.54, 1.807) is 11.0 Å². The first-order valence-electron chi connectivity index (χ1n) is 4.48. The van der Waals surface area contributed by atoms with Gasteiger partial charge in [0.2, 0.25) is 0 Å². The number of rotatable bonds is 3. The molecule has 0 saturated heterocycles. The van der Waals surface area contributed by atoms with E-state index in [1.807, 2.05) is 14.0 Å². The van der Waals surface area contributed by atoms with Crippen LogP contribution in [-0.4, -0.2) is 19.1 Å². The fraction of sp³-hybridized carbons (Fsp3) is 0.375. The maximum absolute atomic E-state index is 5.98. The predicted molar refractivity (Wildman–Crippen MR) is 61.0 cm³/mol. The van der Waals surface area contributed by atoms with Crippen LogP contribution in [0.5, 0.6) is 0 Å². The van der Waals surface area contributed by atoms with Crippen molar-refractivity contribution in [2.45, 2.75) is 22.7 Å². The summed E-state index contributed by atoms with van der Waals surface area (Å²) in [4.78, 5) is 4.10. The lowest BCUT2D eigenvalue weighted by molar-refractivity contribution is 0.687. The van der Waals surface area contributed by atoms with Crippen LogP contribution >= 0.6 is 23.3 Å². The summed E-state index contributed by atoms with van der Waals surface area (Å²) >= 11 is 2.86. The van der Waals surface area contributed by atoms with Gasteiger partial charge in [0.15, 0.2) is 4.34 Å². The number of nitrogens with zero attached hydrogens (tertiary/aromatic N) is 4. The highest BCUT2D eigenvalue weighted by atomic mass is 32.2. The van der Waals surface area contributed by atoms with Crippen molar-refractivity contribution in [3.8, 4) is 0 Å². The fourth-order valence-electron chi connectivity index (χ4n) is 1.25. The monoisotopic (exact) mass is 241 g/mol. The molecule has 0 spiro atoms. The van der Waals surface area contributed by atoms with Gasteiger partial charge in [-0.25, -0.2) is 4.98 Å². The summed E-state index contributed by atoms with van der Waals surface area (Å²) in [5.41, 5.74) is 7.67. The molecule has 2 heterocycles. The molecule has 0 amide bonds. The van der Waals surface area contributed by atoms with Crippen molar-refractivity contribution in [3.05, 3.63) is 12.0 Å².